The van der Waals surface area contributed by atoms with E-state index in [1.165, 1.54) is 37.7 Å². The van der Waals surface area contributed by atoms with Crippen LogP contribution in [0.4, 0.5) is 0 Å². The summed E-state index contributed by atoms with van der Waals surface area (Å²) in [6, 6.07) is 0. The molecule has 3 heteroatoms. The Balaban J connectivity index is 1.70. The molecule has 2 nitrogen and oxygen atoms in total. The Morgan fingerprint density at radius 1 is 1.17 bits per heavy atom. The number of ketones is 1. The number of aliphatic hydroxyl groups is 1. The molecule has 0 heterocycles. The highest BCUT2D eigenvalue weighted by atomic mass is 32.2. The van der Waals surface area contributed by atoms with Gasteiger partial charge in [0.2, 0.25) is 0 Å². The second kappa shape index (κ2) is 5.36. The molecule has 1 N–H and O–H groups in total. The minimum atomic E-state index is -0.468. The van der Waals surface area contributed by atoms with E-state index in [1.807, 2.05) is 6.08 Å². The van der Waals surface area contributed by atoms with Gasteiger partial charge in [-0.2, -0.15) is 11.8 Å². The summed E-state index contributed by atoms with van der Waals surface area (Å²) in [5.41, 5.74) is 1.61. The van der Waals surface area contributed by atoms with Gasteiger partial charge in [-0.3, -0.25) is 4.79 Å². The summed E-state index contributed by atoms with van der Waals surface area (Å²) in [7, 11) is 0. The van der Waals surface area contributed by atoms with Crippen LogP contribution >= 0.6 is 11.8 Å². The lowest BCUT2D eigenvalue weighted by Gasteiger charge is -2.59. The van der Waals surface area contributed by atoms with Crippen molar-refractivity contribution in [2.75, 3.05) is 6.26 Å². The predicted molar refractivity (Wildman–Crippen MR) is 95.4 cm³/mol. The van der Waals surface area contributed by atoms with Crippen molar-refractivity contribution in [3.8, 4) is 0 Å². The highest BCUT2D eigenvalue weighted by Gasteiger charge is 2.60. The summed E-state index contributed by atoms with van der Waals surface area (Å²) in [6.45, 7) is 4.80. The lowest BCUT2D eigenvalue weighted by Crippen LogP contribution is -2.55. The van der Waals surface area contributed by atoms with E-state index in [-0.39, 0.29) is 11.2 Å². The molecule has 0 amide bonds. The number of hydrogen-bond donors (Lipinski definition) is 1. The molecule has 0 aliphatic heterocycles. The number of thioether (sulfide) groups is 1. The number of carbonyl (C=O) groups is 1. The smallest absolute Gasteiger partial charge is 0.158 e. The molecule has 3 fully saturated rings. The van der Waals surface area contributed by atoms with Crippen molar-refractivity contribution in [3.05, 3.63) is 11.6 Å². The number of carbonyl (C=O) groups excluding carboxylic acids is 1. The zero-order valence-electron chi connectivity index (χ0n) is 14.7. The third-order valence-corrected chi connectivity index (χ3v) is 9.61. The second-order valence-corrected chi connectivity index (χ2v) is 9.94. The standard InChI is InChI=1S/C20H30O2S/c1-19-9-8-16-14(15(19)6-7-18(19)23-3)5-4-12-10-13(21)11-17(22)20(12,16)2/h10,14-18,22H,4-9,11H2,1-3H3/t14-,15-,16+,17?,18?,19-,20-/m0/s1. The maximum atomic E-state index is 11.9. The van der Waals surface area contributed by atoms with Gasteiger partial charge in [0.15, 0.2) is 5.78 Å². The van der Waals surface area contributed by atoms with Crippen LogP contribution in [0.3, 0.4) is 0 Å². The first kappa shape index (κ1) is 16.2. The van der Waals surface area contributed by atoms with Gasteiger partial charge in [-0.05, 0) is 74.0 Å². The van der Waals surface area contributed by atoms with Gasteiger partial charge in [-0.25, -0.2) is 0 Å². The third kappa shape index (κ3) is 2.08. The molecule has 4 aliphatic rings. The van der Waals surface area contributed by atoms with Crippen molar-refractivity contribution >= 4 is 17.5 Å². The molecule has 2 unspecified atom stereocenters. The molecule has 0 saturated heterocycles. The summed E-state index contributed by atoms with van der Waals surface area (Å²) in [6.07, 6.45) is 11.6. The highest BCUT2D eigenvalue weighted by molar-refractivity contribution is 7.99. The summed E-state index contributed by atoms with van der Waals surface area (Å²) in [4.78, 5) is 11.9. The van der Waals surface area contributed by atoms with E-state index in [4.69, 9.17) is 0 Å². The van der Waals surface area contributed by atoms with Crippen molar-refractivity contribution in [1.29, 1.82) is 0 Å². The van der Waals surface area contributed by atoms with Gasteiger partial charge < -0.3 is 5.11 Å². The fraction of sp³-hybridized carbons (Fsp3) is 0.850. The van der Waals surface area contributed by atoms with E-state index in [0.29, 0.717) is 17.8 Å². The Morgan fingerprint density at radius 3 is 2.70 bits per heavy atom. The quantitative estimate of drug-likeness (QED) is 0.780. The van der Waals surface area contributed by atoms with Crippen LogP contribution in [-0.4, -0.2) is 28.5 Å². The zero-order valence-corrected chi connectivity index (χ0v) is 15.5. The van der Waals surface area contributed by atoms with Gasteiger partial charge in [0.25, 0.3) is 0 Å². The maximum absolute atomic E-state index is 11.9. The predicted octanol–water partition coefficient (Wildman–Crippen LogP) is 4.22. The highest BCUT2D eigenvalue weighted by Crippen LogP contribution is 2.66. The van der Waals surface area contributed by atoms with E-state index in [1.54, 1.807) is 0 Å². The molecule has 0 aromatic heterocycles. The second-order valence-electron chi connectivity index (χ2n) is 8.90. The van der Waals surface area contributed by atoms with E-state index >= 15 is 0 Å². The third-order valence-electron chi connectivity index (χ3n) is 8.27. The van der Waals surface area contributed by atoms with Crippen molar-refractivity contribution in [2.45, 2.75) is 70.1 Å². The molecule has 0 aromatic rings. The Morgan fingerprint density at radius 2 is 1.96 bits per heavy atom. The molecular formula is C20H30O2S. The zero-order chi connectivity index (χ0) is 16.4. The van der Waals surface area contributed by atoms with Gasteiger partial charge >= 0.3 is 0 Å². The minimum Gasteiger partial charge on any atom is -0.392 e. The maximum Gasteiger partial charge on any atom is 0.158 e. The van der Waals surface area contributed by atoms with Gasteiger partial charge in [-0.15, -0.1) is 0 Å². The van der Waals surface area contributed by atoms with Gasteiger partial charge in [-0.1, -0.05) is 19.4 Å². The van der Waals surface area contributed by atoms with Crippen LogP contribution in [0.15, 0.2) is 11.6 Å². The van der Waals surface area contributed by atoms with Crippen LogP contribution in [-0.2, 0) is 4.79 Å². The fourth-order valence-corrected chi connectivity index (χ4v) is 8.15. The van der Waals surface area contributed by atoms with E-state index in [9.17, 15) is 9.90 Å². The average Bonchev–Trinajstić information content (AvgIpc) is 2.85. The Bertz CT molecular complexity index is 556. The van der Waals surface area contributed by atoms with E-state index in [2.05, 4.69) is 31.9 Å². The first-order valence-corrected chi connectivity index (χ1v) is 10.6. The van der Waals surface area contributed by atoms with Crippen LogP contribution in [0, 0.1) is 28.6 Å². The number of fused-ring (bicyclic) bond motifs is 5. The van der Waals surface area contributed by atoms with Crippen molar-refractivity contribution in [2.24, 2.45) is 28.6 Å². The normalized spacial score (nSPS) is 52.4. The van der Waals surface area contributed by atoms with Crippen LogP contribution in [0.2, 0.25) is 0 Å². The topological polar surface area (TPSA) is 37.3 Å². The van der Waals surface area contributed by atoms with E-state index < -0.39 is 6.10 Å². The molecule has 0 bridgehead atoms. The first-order valence-electron chi connectivity index (χ1n) is 9.36. The largest absolute Gasteiger partial charge is 0.392 e. The summed E-state index contributed by atoms with van der Waals surface area (Å²) in [5, 5.41) is 11.6. The van der Waals surface area contributed by atoms with E-state index in [0.717, 1.165) is 23.5 Å². The lowest BCUT2D eigenvalue weighted by atomic mass is 9.47. The molecule has 23 heavy (non-hydrogen) atoms. The summed E-state index contributed by atoms with van der Waals surface area (Å²) in [5.74, 6) is 2.27. The fourth-order valence-electron chi connectivity index (χ4n) is 6.95. The molecule has 0 aromatic carbocycles. The van der Waals surface area contributed by atoms with Crippen LogP contribution in [0.25, 0.3) is 0 Å². The summed E-state index contributed by atoms with van der Waals surface area (Å²) < 4.78 is 0. The SMILES string of the molecule is CSC1CC[C@H]2[C@@H]3CCC4=CC(=O)CC(O)[C@]4(C)[C@@H]3CC[C@]12C. The van der Waals surface area contributed by atoms with Crippen molar-refractivity contribution < 1.29 is 9.90 Å². The van der Waals surface area contributed by atoms with Crippen molar-refractivity contribution in [3.63, 3.8) is 0 Å². The minimum absolute atomic E-state index is 0.132. The van der Waals surface area contributed by atoms with Gasteiger partial charge in [0.05, 0.1) is 6.10 Å². The van der Waals surface area contributed by atoms with Gasteiger partial charge in [0.1, 0.15) is 0 Å². The Kier molecular flexibility index (Phi) is 3.77. The molecule has 4 aliphatic carbocycles. The molecule has 3 saturated carbocycles. The number of hydrogen-bond acceptors (Lipinski definition) is 3. The molecule has 128 valence electrons. The van der Waals surface area contributed by atoms with Gasteiger partial charge in [0, 0.05) is 17.1 Å². The number of rotatable bonds is 1. The Labute approximate surface area is 144 Å². The molecular weight excluding hydrogens is 304 g/mol. The molecule has 7 atom stereocenters. The van der Waals surface area contributed by atoms with Crippen molar-refractivity contribution in [1.82, 2.24) is 0 Å². The molecule has 4 rings (SSSR count). The monoisotopic (exact) mass is 334 g/mol. The first-order chi connectivity index (χ1) is 10.9. The van der Waals surface area contributed by atoms with Crippen LogP contribution < -0.4 is 0 Å². The molecule has 0 spiro atoms. The Hall–Kier alpha value is -0.280. The van der Waals surface area contributed by atoms with Crippen LogP contribution in [0.5, 0.6) is 0 Å². The number of aliphatic hydroxyl groups excluding tert-OH is 1. The van der Waals surface area contributed by atoms with Crippen LogP contribution in [0.1, 0.15) is 58.8 Å². The lowest BCUT2D eigenvalue weighted by molar-refractivity contribution is -0.126. The summed E-state index contributed by atoms with van der Waals surface area (Å²) >= 11 is 2.07. The molecule has 0 radical (unpaired) electrons. The average molecular weight is 335 g/mol.